The highest BCUT2D eigenvalue weighted by atomic mass is 35.5. The van der Waals surface area contributed by atoms with Crippen LogP contribution in [0.25, 0.3) is 0 Å². The summed E-state index contributed by atoms with van der Waals surface area (Å²) in [5.41, 5.74) is 0.795. The minimum atomic E-state index is -0.269. The molecule has 1 aromatic heterocycles. The van der Waals surface area contributed by atoms with Crippen LogP contribution in [0.1, 0.15) is 20.0 Å². The van der Waals surface area contributed by atoms with E-state index in [4.69, 9.17) is 16.3 Å². The molecule has 27 heavy (non-hydrogen) atoms. The quantitative estimate of drug-likeness (QED) is 0.575. The second-order valence-electron chi connectivity index (χ2n) is 5.54. The molecule has 0 unspecified atom stereocenters. The lowest BCUT2D eigenvalue weighted by Crippen LogP contribution is -2.28. The number of nitrogens with one attached hydrogen (secondary N) is 2. The molecule has 1 heterocycles. The fraction of sp³-hybridized carbons (Fsp3) is 0.100. The standard InChI is InChI=1S/C20H17ClN2O3S/c21-16-9-8-14(13-17(16)23-20(25)18-7-4-12-27-18)19(24)22-10-11-26-15-5-2-1-3-6-15/h1-9,12-13H,10-11H2,(H,22,24)(H,23,25). The number of thiophene rings is 1. The largest absolute Gasteiger partial charge is 0.492 e. The second-order valence-corrected chi connectivity index (χ2v) is 6.90. The van der Waals surface area contributed by atoms with E-state index in [2.05, 4.69) is 10.6 Å². The molecular formula is C20H17ClN2O3S. The summed E-state index contributed by atoms with van der Waals surface area (Å²) in [6.45, 7) is 0.707. The van der Waals surface area contributed by atoms with Crippen LogP contribution in [-0.2, 0) is 0 Å². The van der Waals surface area contributed by atoms with Gasteiger partial charge < -0.3 is 15.4 Å². The van der Waals surface area contributed by atoms with Crippen molar-refractivity contribution in [3.63, 3.8) is 0 Å². The first-order valence-electron chi connectivity index (χ1n) is 8.24. The summed E-state index contributed by atoms with van der Waals surface area (Å²) >= 11 is 7.47. The van der Waals surface area contributed by atoms with Crippen LogP contribution < -0.4 is 15.4 Å². The number of ether oxygens (including phenoxy) is 1. The Kier molecular flexibility index (Phi) is 6.46. The van der Waals surface area contributed by atoms with Gasteiger partial charge in [0.05, 0.1) is 22.1 Å². The third-order valence-corrected chi connectivity index (χ3v) is 4.82. The Morgan fingerprint density at radius 1 is 1.00 bits per heavy atom. The van der Waals surface area contributed by atoms with E-state index in [1.165, 1.54) is 11.3 Å². The molecule has 0 spiro atoms. The van der Waals surface area contributed by atoms with E-state index in [9.17, 15) is 9.59 Å². The van der Waals surface area contributed by atoms with Crippen molar-refractivity contribution in [2.45, 2.75) is 0 Å². The molecular weight excluding hydrogens is 384 g/mol. The first kappa shape index (κ1) is 18.9. The Morgan fingerprint density at radius 3 is 2.56 bits per heavy atom. The molecule has 0 aliphatic carbocycles. The maximum absolute atomic E-state index is 12.3. The van der Waals surface area contributed by atoms with Gasteiger partial charge in [-0.25, -0.2) is 0 Å². The number of halogens is 1. The maximum Gasteiger partial charge on any atom is 0.265 e. The van der Waals surface area contributed by atoms with Gasteiger partial charge in [-0.15, -0.1) is 11.3 Å². The van der Waals surface area contributed by atoms with Gasteiger partial charge in [0.1, 0.15) is 12.4 Å². The summed E-state index contributed by atoms with van der Waals surface area (Å²) in [4.78, 5) is 25.1. The average Bonchev–Trinajstić information content (AvgIpc) is 3.22. The van der Waals surface area contributed by atoms with Crippen molar-refractivity contribution < 1.29 is 14.3 Å². The first-order chi connectivity index (χ1) is 13.1. The zero-order chi connectivity index (χ0) is 19.1. The van der Waals surface area contributed by atoms with Crippen molar-refractivity contribution in [1.29, 1.82) is 0 Å². The van der Waals surface area contributed by atoms with Gasteiger partial charge in [-0.1, -0.05) is 35.9 Å². The Balaban J connectivity index is 1.56. The van der Waals surface area contributed by atoms with Crippen molar-refractivity contribution in [2.24, 2.45) is 0 Å². The normalized spacial score (nSPS) is 10.3. The molecule has 0 fully saturated rings. The molecule has 0 aliphatic rings. The highest BCUT2D eigenvalue weighted by molar-refractivity contribution is 7.12. The van der Waals surface area contributed by atoms with Crippen molar-refractivity contribution >= 4 is 40.4 Å². The van der Waals surface area contributed by atoms with Gasteiger partial charge in [-0.05, 0) is 41.8 Å². The molecule has 2 aromatic carbocycles. The first-order valence-corrected chi connectivity index (χ1v) is 9.50. The predicted octanol–water partition coefficient (Wildman–Crippen LogP) is 4.46. The number of benzene rings is 2. The van der Waals surface area contributed by atoms with E-state index < -0.39 is 0 Å². The number of carbonyl (C=O) groups is 2. The van der Waals surface area contributed by atoms with Gasteiger partial charge in [0.2, 0.25) is 0 Å². The molecule has 0 atom stereocenters. The molecule has 3 aromatic rings. The molecule has 2 amide bonds. The van der Waals surface area contributed by atoms with Gasteiger partial charge >= 0.3 is 0 Å². The van der Waals surface area contributed by atoms with Crippen molar-refractivity contribution in [3.05, 3.63) is 81.5 Å². The Labute approximate surface area is 165 Å². The van der Waals surface area contributed by atoms with Crippen LogP contribution in [0.15, 0.2) is 66.0 Å². The Bertz CT molecular complexity index is 914. The lowest BCUT2D eigenvalue weighted by molar-refractivity contribution is 0.0945. The second kappa shape index (κ2) is 9.21. The van der Waals surface area contributed by atoms with Crippen LogP contribution >= 0.6 is 22.9 Å². The summed E-state index contributed by atoms with van der Waals surface area (Å²) in [5, 5.41) is 7.69. The van der Waals surface area contributed by atoms with E-state index in [0.29, 0.717) is 34.3 Å². The SMILES string of the molecule is O=C(NCCOc1ccccc1)c1ccc(Cl)c(NC(=O)c2cccs2)c1. The predicted molar refractivity (Wildman–Crippen MR) is 108 cm³/mol. The fourth-order valence-electron chi connectivity index (χ4n) is 2.31. The molecule has 0 radical (unpaired) electrons. The lowest BCUT2D eigenvalue weighted by atomic mass is 10.2. The van der Waals surface area contributed by atoms with Crippen LogP contribution in [-0.4, -0.2) is 25.0 Å². The Morgan fingerprint density at radius 2 is 1.81 bits per heavy atom. The van der Waals surface area contributed by atoms with Crippen LogP contribution in [0.4, 0.5) is 5.69 Å². The smallest absolute Gasteiger partial charge is 0.265 e. The number of hydrogen-bond acceptors (Lipinski definition) is 4. The molecule has 0 aliphatic heterocycles. The summed E-state index contributed by atoms with van der Waals surface area (Å²) < 4.78 is 5.54. The third-order valence-electron chi connectivity index (χ3n) is 3.62. The summed E-state index contributed by atoms with van der Waals surface area (Å²) in [6, 6.07) is 17.6. The van der Waals surface area contributed by atoms with Crippen molar-refractivity contribution in [2.75, 3.05) is 18.5 Å². The number of para-hydroxylation sites is 1. The van der Waals surface area contributed by atoms with Crippen LogP contribution in [0.3, 0.4) is 0 Å². The molecule has 5 nitrogen and oxygen atoms in total. The number of anilines is 1. The fourth-order valence-corrected chi connectivity index (χ4v) is 3.09. The van der Waals surface area contributed by atoms with Gasteiger partial charge in [-0.3, -0.25) is 9.59 Å². The van der Waals surface area contributed by atoms with Gasteiger partial charge in [0.15, 0.2) is 0 Å². The topological polar surface area (TPSA) is 67.4 Å². The minimum Gasteiger partial charge on any atom is -0.492 e. The Hall–Kier alpha value is -2.83. The number of rotatable bonds is 7. The lowest BCUT2D eigenvalue weighted by Gasteiger charge is -2.10. The molecule has 3 rings (SSSR count). The highest BCUT2D eigenvalue weighted by Gasteiger charge is 2.12. The maximum atomic E-state index is 12.3. The summed E-state index contributed by atoms with van der Waals surface area (Å²) in [7, 11) is 0. The van der Waals surface area contributed by atoms with Crippen molar-refractivity contribution in [1.82, 2.24) is 5.32 Å². The number of carbonyl (C=O) groups excluding carboxylic acids is 2. The van der Waals surface area contributed by atoms with Gasteiger partial charge in [0, 0.05) is 5.56 Å². The van der Waals surface area contributed by atoms with E-state index >= 15 is 0 Å². The monoisotopic (exact) mass is 400 g/mol. The summed E-state index contributed by atoms with van der Waals surface area (Å²) in [5.74, 6) is 0.215. The van der Waals surface area contributed by atoms with E-state index in [1.807, 2.05) is 35.7 Å². The molecule has 138 valence electrons. The molecule has 7 heteroatoms. The third kappa shape index (κ3) is 5.32. The van der Waals surface area contributed by atoms with Gasteiger partial charge in [0.25, 0.3) is 11.8 Å². The van der Waals surface area contributed by atoms with E-state index in [0.717, 1.165) is 5.75 Å². The zero-order valence-corrected chi connectivity index (χ0v) is 15.8. The molecule has 0 bridgehead atoms. The van der Waals surface area contributed by atoms with Crippen LogP contribution in [0.2, 0.25) is 5.02 Å². The minimum absolute atomic E-state index is 0.263. The molecule has 2 N–H and O–H groups in total. The average molecular weight is 401 g/mol. The van der Waals surface area contributed by atoms with E-state index in [-0.39, 0.29) is 11.8 Å². The van der Waals surface area contributed by atoms with E-state index in [1.54, 1.807) is 30.3 Å². The summed E-state index contributed by atoms with van der Waals surface area (Å²) in [6.07, 6.45) is 0. The highest BCUT2D eigenvalue weighted by Crippen LogP contribution is 2.24. The van der Waals surface area contributed by atoms with Crippen LogP contribution in [0.5, 0.6) is 5.75 Å². The zero-order valence-electron chi connectivity index (χ0n) is 14.3. The number of amides is 2. The van der Waals surface area contributed by atoms with Gasteiger partial charge in [-0.2, -0.15) is 0 Å². The van der Waals surface area contributed by atoms with Crippen molar-refractivity contribution in [3.8, 4) is 5.75 Å². The molecule has 0 saturated heterocycles. The van der Waals surface area contributed by atoms with Crippen LogP contribution in [0, 0.1) is 0 Å². The number of hydrogen-bond donors (Lipinski definition) is 2. The molecule has 0 saturated carbocycles.